The molecule has 0 heterocycles. The van der Waals surface area contributed by atoms with E-state index in [2.05, 4.69) is 11.1 Å². The standard InChI is InChI=1S/C4H7Cl2O2P/c1-2-9(7,4-6)8-3-5/h2H,1,3-4H2. The predicted octanol–water partition coefficient (Wildman–Crippen LogP) is 2.82. The van der Waals surface area contributed by atoms with Gasteiger partial charge in [0.2, 0.25) is 7.37 Å². The Morgan fingerprint density at radius 3 is 2.33 bits per heavy atom. The molecule has 0 fully saturated rings. The monoisotopic (exact) mass is 188 g/mol. The van der Waals surface area contributed by atoms with E-state index in [0.29, 0.717) is 0 Å². The highest BCUT2D eigenvalue weighted by atomic mass is 35.5. The molecule has 0 spiro atoms. The van der Waals surface area contributed by atoms with Crippen LogP contribution in [0.25, 0.3) is 0 Å². The molecule has 9 heavy (non-hydrogen) atoms. The van der Waals surface area contributed by atoms with Crippen molar-refractivity contribution in [3.05, 3.63) is 12.4 Å². The molecule has 0 aliphatic heterocycles. The second kappa shape index (κ2) is 4.35. The Kier molecular flexibility index (Phi) is 4.59. The van der Waals surface area contributed by atoms with Gasteiger partial charge in [-0.05, 0) is 5.82 Å². The van der Waals surface area contributed by atoms with Crippen molar-refractivity contribution < 1.29 is 9.09 Å². The van der Waals surface area contributed by atoms with E-state index in [9.17, 15) is 4.57 Å². The minimum Gasteiger partial charge on any atom is -0.309 e. The second-order valence-electron chi connectivity index (χ2n) is 1.27. The van der Waals surface area contributed by atoms with Gasteiger partial charge in [-0.2, -0.15) is 0 Å². The zero-order chi connectivity index (χ0) is 7.33. The Morgan fingerprint density at radius 2 is 2.22 bits per heavy atom. The van der Waals surface area contributed by atoms with Crippen LogP contribution in [0.1, 0.15) is 0 Å². The van der Waals surface area contributed by atoms with Gasteiger partial charge in [-0.15, -0.1) is 11.6 Å². The summed E-state index contributed by atoms with van der Waals surface area (Å²) in [5, 5.41) is 0. The summed E-state index contributed by atoms with van der Waals surface area (Å²) < 4.78 is 15.6. The summed E-state index contributed by atoms with van der Waals surface area (Å²) >= 11 is 10.4. The summed E-state index contributed by atoms with van der Waals surface area (Å²) in [6.45, 7) is 3.29. The molecule has 0 aliphatic rings. The molecule has 0 aromatic heterocycles. The zero-order valence-corrected chi connectivity index (χ0v) is 7.12. The second-order valence-corrected chi connectivity index (χ2v) is 4.52. The summed E-state index contributed by atoms with van der Waals surface area (Å²) in [6.07, 6.45) is 0. The lowest BCUT2D eigenvalue weighted by molar-refractivity contribution is 0.384. The van der Waals surface area contributed by atoms with E-state index in [1.807, 2.05) is 0 Å². The Morgan fingerprint density at radius 1 is 1.67 bits per heavy atom. The first-order valence-corrected chi connectivity index (χ1v) is 5.12. The Hall–Kier alpha value is 0.510. The van der Waals surface area contributed by atoms with Gasteiger partial charge in [0.15, 0.2) is 0 Å². The molecule has 0 saturated carbocycles. The molecule has 1 atom stereocenters. The molecule has 0 N–H and O–H groups in total. The van der Waals surface area contributed by atoms with Crippen LogP contribution in [-0.4, -0.2) is 11.7 Å². The number of hydrogen-bond donors (Lipinski definition) is 0. The van der Waals surface area contributed by atoms with E-state index in [0.717, 1.165) is 0 Å². The van der Waals surface area contributed by atoms with E-state index >= 15 is 0 Å². The molecule has 0 amide bonds. The Bertz CT molecular complexity index is 137. The molecule has 0 saturated heterocycles. The maximum Gasteiger partial charge on any atom is 0.240 e. The minimum atomic E-state index is -2.78. The van der Waals surface area contributed by atoms with E-state index in [1.165, 1.54) is 5.82 Å². The summed E-state index contributed by atoms with van der Waals surface area (Å²) in [5.41, 5.74) is -0.0662. The molecular weight excluding hydrogens is 182 g/mol. The third kappa shape index (κ3) is 3.27. The van der Waals surface area contributed by atoms with Crippen molar-refractivity contribution in [2.45, 2.75) is 0 Å². The van der Waals surface area contributed by atoms with Gasteiger partial charge in [0.05, 0.1) is 0 Å². The van der Waals surface area contributed by atoms with E-state index in [1.54, 1.807) is 0 Å². The fourth-order valence-corrected chi connectivity index (χ4v) is 1.65. The molecule has 0 rings (SSSR count). The topological polar surface area (TPSA) is 26.3 Å². The normalized spacial score (nSPS) is 16.7. The number of halogens is 2. The maximum absolute atomic E-state index is 11.0. The van der Waals surface area contributed by atoms with Crippen LogP contribution in [0.2, 0.25) is 0 Å². The molecule has 0 radical (unpaired) electrons. The first kappa shape index (κ1) is 9.51. The number of hydrogen-bond acceptors (Lipinski definition) is 2. The average Bonchev–Trinajstić information content (AvgIpc) is 1.89. The van der Waals surface area contributed by atoms with Crippen molar-refractivity contribution in [3.63, 3.8) is 0 Å². The molecule has 0 bridgehead atoms. The van der Waals surface area contributed by atoms with E-state index < -0.39 is 7.37 Å². The maximum atomic E-state index is 11.0. The first-order chi connectivity index (χ1) is 4.18. The Balaban J connectivity index is 3.93. The SMILES string of the molecule is C=CP(=O)(CCl)OCCl. The lowest BCUT2D eigenvalue weighted by Gasteiger charge is -2.06. The predicted molar refractivity (Wildman–Crippen MR) is 40.3 cm³/mol. The Labute approximate surface area is 64.2 Å². The van der Waals surface area contributed by atoms with Gasteiger partial charge in [-0.25, -0.2) is 0 Å². The van der Waals surface area contributed by atoms with Gasteiger partial charge in [0.1, 0.15) is 11.7 Å². The van der Waals surface area contributed by atoms with Crippen LogP contribution < -0.4 is 0 Å². The van der Waals surface area contributed by atoms with Crippen molar-refractivity contribution in [2.24, 2.45) is 0 Å². The summed E-state index contributed by atoms with van der Waals surface area (Å²) in [6, 6.07) is -0.115. The highest BCUT2D eigenvalue weighted by Gasteiger charge is 2.15. The van der Waals surface area contributed by atoms with Crippen molar-refractivity contribution in [2.75, 3.05) is 11.7 Å². The minimum absolute atomic E-state index is 0.0662. The summed E-state index contributed by atoms with van der Waals surface area (Å²) in [7, 11) is -2.78. The lowest BCUT2D eigenvalue weighted by Crippen LogP contribution is -1.84. The smallest absolute Gasteiger partial charge is 0.240 e. The molecule has 1 unspecified atom stereocenters. The summed E-state index contributed by atoms with van der Waals surface area (Å²) in [5.74, 6) is 1.20. The van der Waals surface area contributed by atoms with Gasteiger partial charge >= 0.3 is 0 Å². The van der Waals surface area contributed by atoms with Crippen molar-refractivity contribution in [1.82, 2.24) is 0 Å². The van der Waals surface area contributed by atoms with Crippen LogP contribution in [0.3, 0.4) is 0 Å². The fourth-order valence-electron chi connectivity index (χ4n) is 0.219. The first-order valence-electron chi connectivity index (χ1n) is 2.17. The van der Waals surface area contributed by atoms with Gasteiger partial charge < -0.3 is 4.52 Å². The van der Waals surface area contributed by atoms with Crippen LogP contribution in [0, 0.1) is 0 Å². The highest BCUT2D eigenvalue weighted by Crippen LogP contribution is 2.48. The number of alkyl halides is 2. The van der Waals surface area contributed by atoms with Crippen molar-refractivity contribution in [3.8, 4) is 0 Å². The molecule has 5 heteroatoms. The third-order valence-electron chi connectivity index (χ3n) is 0.712. The molecule has 54 valence electrons. The largest absolute Gasteiger partial charge is 0.309 e. The van der Waals surface area contributed by atoms with E-state index in [-0.39, 0.29) is 11.7 Å². The van der Waals surface area contributed by atoms with Gasteiger partial charge in [0, 0.05) is 0 Å². The summed E-state index contributed by atoms with van der Waals surface area (Å²) in [4.78, 5) is 0. The van der Waals surface area contributed by atoms with E-state index in [4.69, 9.17) is 23.2 Å². The highest BCUT2D eigenvalue weighted by molar-refractivity contribution is 7.63. The quantitative estimate of drug-likeness (QED) is 0.501. The molecule has 0 aromatic carbocycles. The van der Waals surface area contributed by atoms with Crippen LogP contribution in [-0.2, 0) is 9.09 Å². The molecule has 2 nitrogen and oxygen atoms in total. The van der Waals surface area contributed by atoms with Gasteiger partial charge in [-0.1, -0.05) is 18.2 Å². The van der Waals surface area contributed by atoms with Crippen LogP contribution >= 0.6 is 30.6 Å². The lowest BCUT2D eigenvalue weighted by atomic mass is 11.3. The van der Waals surface area contributed by atoms with Crippen molar-refractivity contribution >= 4 is 30.6 Å². The zero-order valence-electron chi connectivity index (χ0n) is 4.72. The fraction of sp³-hybridized carbons (Fsp3) is 0.500. The van der Waals surface area contributed by atoms with Crippen LogP contribution in [0.15, 0.2) is 12.4 Å². The van der Waals surface area contributed by atoms with Crippen LogP contribution in [0.4, 0.5) is 0 Å². The third-order valence-corrected chi connectivity index (χ3v) is 3.43. The average molecular weight is 189 g/mol. The van der Waals surface area contributed by atoms with Crippen molar-refractivity contribution in [1.29, 1.82) is 0 Å². The van der Waals surface area contributed by atoms with Gasteiger partial charge in [-0.3, -0.25) is 4.57 Å². The van der Waals surface area contributed by atoms with Crippen LogP contribution in [0.5, 0.6) is 0 Å². The number of rotatable bonds is 4. The molecule has 0 aliphatic carbocycles. The molecule has 0 aromatic rings. The molecular formula is C4H7Cl2O2P. The van der Waals surface area contributed by atoms with Gasteiger partial charge in [0.25, 0.3) is 0 Å².